The smallest absolute Gasteiger partial charge is 0.188 e. The van der Waals surface area contributed by atoms with Crippen LogP contribution in [-0.2, 0) is 13.6 Å². The maximum Gasteiger partial charge on any atom is 0.188 e. The minimum Gasteiger partial charge on any atom is -0.409 e. The highest BCUT2D eigenvalue weighted by atomic mass is 16.4. The summed E-state index contributed by atoms with van der Waals surface area (Å²) < 4.78 is 1.96. The summed E-state index contributed by atoms with van der Waals surface area (Å²) in [6, 6.07) is 3.62. The molecule has 0 bridgehead atoms. The maximum atomic E-state index is 8.66. The second-order valence-electron chi connectivity index (χ2n) is 4.19. The van der Waals surface area contributed by atoms with E-state index in [1.54, 1.807) is 18.5 Å². The number of nitrogens with zero attached hydrogens (tertiary/aromatic N) is 5. The lowest BCUT2D eigenvalue weighted by atomic mass is 10.3. The number of aromatic nitrogens is 3. The normalized spacial score (nSPS) is 11.6. The molecule has 7 heteroatoms. The van der Waals surface area contributed by atoms with E-state index in [0.29, 0.717) is 12.2 Å². The molecule has 3 N–H and O–H groups in total. The van der Waals surface area contributed by atoms with Gasteiger partial charge in [0.05, 0.1) is 6.54 Å². The van der Waals surface area contributed by atoms with Gasteiger partial charge in [0.1, 0.15) is 11.5 Å². The standard InChI is InChI=1S/C12H16N6O/c1-17-6-5-15-11(17)8-18(2)9-3-4-14-10(7-9)12(13)16-19/h3-7,19H,8H2,1-2H3,(H2,13,16). The van der Waals surface area contributed by atoms with E-state index in [0.717, 1.165) is 11.5 Å². The number of nitrogens with two attached hydrogens (primary N) is 1. The molecule has 0 fully saturated rings. The van der Waals surface area contributed by atoms with E-state index in [-0.39, 0.29) is 5.84 Å². The average Bonchev–Trinajstić information content (AvgIpc) is 2.83. The summed E-state index contributed by atoms with van der Waals surface area (Å²) in [6.07, 6.45) is 5.28. The Hall–Kier alpha value is -2.57. The van der Waals surface area contributed by atoms with Gasteiger partial charge in [0.25, 0.3) is 0 Å². The minimum atomic E-state index is -0.00718. The van der Waals surface area contributed by atoms with Gasteiger partial charge in [0.15, 0.2) is 5.84 Å². The van der Waals surface area contributed by atoms with Crippen molar-refractivity contribution in [3.63, 3.8) is 0 Å². The van der Waals surface area contributed by atoms with Gasteiger partial charge in [-0.2, -0.15) is 0 Å². The van der Waals surface area contributed by atoms with Crippen molar-refractivity contribution in [2.75, 3.05) is 11.9 Å². The second-order valence-corrected chi connectivity index (χ2v) is 4.19. The molecule has 100 valence electrons. The minimum absolute atomic E-state index is 0.00718. The van der Waals surface area contributed by atoms with Crippen molar-refractivity contribution in [1.29, 1.82) is 0 Å². The molecular weight excluding hydrogens is 244 g/mol. The van der Waals surface area contributed by atoms with Crippen LogP contribution >= 0.6 is 0 Å². The van der Waals surface area contributed by atoms with Crippen LogP contribution < -0.4 is 10.6 Å². The van der Waals surface area contributed by atoms with Gasteiger partial charge in [-0.3, -0.25) is 4.98 Å². The molecular formula is C12H16N6O. The third-order valence-corrected chi connectivity index (χ3v) is 2.85. The summed E-state index contributed by atoms with van der Waals surface area (Å²) >= 11 is 0. The predicted molar refractivity (Wildman–Crippen MR) is 72.1 cm³/mol. The third kappa shape index (κ3) is 2.82. The van der Waals surface area contributed by atoms with Gasteiger partial charge in [-0.05, 0) is 12.1 Å². The number of amidine groups is 1. The van der Waals surface area contributed by atoms with E-state index in [9.17, 15) is 0 Å². The van der Waals surface area contributed by atoms with Crippen LogP contribution in [0.3, 0.4) is 0 Å². The highest BCUT2D eigenvalue weighted by molar-refractivity contribution is 5.95. The molecule has 0 radical (unpaired) electrons. The Morgan fingerprint density at radius 2 is 2.26 bits per heavy atom. The summed E-state index contributed by atoms with van der Waals surface area (Å²) in [5.41, 5.74) is 6.88. The zero-order valence-corrected chi connectivity index (χ0v) is 10.9. The SMILES string of the molecule is CN(Cc1nccn1C)c1ccnc(C(N)=NO)c1. The van der Waals surface area contributed by atoms with Gasteiger partial charge in [-0.15, -0.1) is 0 Å². The molecule has 0 aliphatic carbocycles. The highest BCUT2D eigenvalue weighted by Crippen LogP contribution is 2.15. The Morgan fingerprint density at radius 3 is 2.89 bits per heavy atom. The Morgan fingerprint density at radius 1 is 1.47 bits per heavy atom. The molecule has 0 saturated heterocycles. The molecule has 0 aliphatic heterocycles. The number of pyridine rings is 1. The number of rotatable bonds is 4. The van der Waals surface area contributed by atoms with Crippen LogP contribution in [0.25, 0.3) is 0 Å². The lowest BCUT2D eigenvalue weighted by Crippen LogP contribution is -2.21. The molecule has 2 aromatic rings. The Balaban J connectivity index is 2.20. The zero-order valence-electron chi connectivity index (χ0n) is 10.9. The van der Waals surface area contributed by atoms with Crippen LogP contribution in [0.5, 0.6) is 0 Å². The number of oxime groups is 1. The molecule has 0 amide bonds. The van der Waals surface area contributed by atoms with E-state index < -0.39 is 0 Å². The van der Waals surface area contributed by atoms with E-state index in [1.165, 1.54) is 0 Å². The monoisotopic (exact) mass is 260 g/mol. The summed E-state index contributed by atoms with van der Waals surface area (Å²) in [7, 11) is 3.89. The fraction of sp³-hybridized carbons (Fsp3) is 0.250. The third-order valence-electron chi connectivity index (χ3n) is 2.85. The Kier molecular flexibility index (Phi) is 3.65. The van der Waals surface area contributed by atoms with Crippen LogP contribution in [0, 0.1) is 0 Å². The van der Waals surface area contributed by atoms with Gasteiger partial charge >= 0.3 is 0 Å². The number of aryl methyl sites for hydroxylation is 1. The largest absolute Gasteiger partial charge is 0.409 e. The molecule has 0 atom stereocenters. The van der Waals surface area contributed by atoms with Crippen molar-refractivity contribution < 1.29 is 5.21 Å². The molecule has 0 aliphatic rings. The van der Waals surface area contributed by atoms with Crippen molar-refractivity contribution in [3.8, 4) is 0 Å². The fourth-order valence-electron chi connectivity index (χ4n) is 1.70. The van der Waals surface area contributed by atoms with Crippen molar-refractivity contribution in [3.05, 3.63) is 42.2 Å². The Labute approximate surface area is 111 Å². The zero-order chi connectivity index (χ0) is 13.8. The molecule has 2 rings (SSSR count). The molecule has 0 spiro atoms. The fourth-order valence-corrected chi connectivity index (χ4v) is 1.70. The first-order chi connectivity index (χ1) is 9.11. The predicted octanol–water partition coefficient (Wildman–Crippen LogP) is 0.546. The summed E-state index contributed by atoms with van der Waals surface area (Å²) in [5, 5.41) is 11.6. The lowest BCUT2D eigenvalue weighted by molar-refractivity contribution is 0.318. The molecule has 0 saturated carbocycles. The first-order valence-electron chi connectivity index (χ1n) is 5.73. The van der Waals surface area contributed by atoms with Crippen molar-refractivity contribution in [1.82, 2.24) is 14.5 Å². The average molecular weight is 260 g/mol. The van der Waals surface area contributed by atoms with Crippen LogP contribution in [-0.4, -0.2) is 32.6 Å². The van der Waals surface area contributed by atoms with Gasteiger partial charge in [0.2, 0.25) is 0 Å². The summed E-state index contributed by atoms with van der Waals surface area (Å²) in [6.45, 7) is 0.656. The maximum absolute atomic E-state index is 8.66. The topological polar surface area (TPSA) is 92.6 Å². The van der Waals surface area contributed by atoms with Crippen molar-refractivity contribution in [2.24, 2.45) is 17.9 Å². The molecule has 0 aromatic carbocycles. The molecule has 19 heavy (non-hydrogen) atoms. The first-order valence-corrected chi connectivity index (χ1v) is 5.73. The Bertz CT molecular complexity index is 591. The van der Waals surface area contributed by atoms with E-state index in [2.05, 4.69) is 15.1 Å². The summed E-state index contributed by atoms with van der Waals surface area (Å²) in [4.78, 5) is 10.3. The highest BCUT2D eigenvalue weighted by Gasteiger charge is 2.08. The molecule has 7 nitrogen and oxygen atoms in total. The number of hydrogen-bond donors (Lipinski definition) is 2. The number of hydrogen-bond acceptors (Lipinski definition) is 5. The van der Waals surface area contributed by atoms with Gasteiger partial charge in [-0.1, -0.05) is 5.16 Å². The number of anilines is 1. The molecule has 2 aromatic heterocycles. The molecule has 2 heterocycles. The van der Waals surface area contributed by atoms with Gasteiger partial charge in [-0.25, -0.2) is 4.98 Å². The number of imidazole rings is 1. The second kappa shape index (κ2) is 5.38. The van der Waals surface area contributed by atoms with Crippen LogP contribution in [0.15, 0.2) is 35.9 Å². The summed E-state index contributed by atoms with van der Waals surface area (Å²) in [5.74, 6) is 0.942. The quantitative estimate of drug-likeness (QED) is 0.362. The van der Waals surface area contributed by atoms with E-state index >= 15 is 0 Å². The van der Waals surface area contributed by atoms with Crippen molar-refractivity contribution in [2.45, 2.75) is 6.54 Å². The molecule has 0 unspecified atom stereocenters. The van der Waals surface area contributed by atoms with Crippen LogP contribution in [0.2, 0.25) is 0 Å². The first kappa shape index (κ1) is 12.9. The van der Waals surface area contributed by atoms with Gasteiger partial charge in [0, 0.05) is 38.4 Å². The lowest BCUT2D eigenvalue weighted by Gasteiger charge is -2.19. The van der Waals surface area contributed by atoms with Crippen LogP contribution in [0.4, 0.5) is 5.69 Å². The van der Waals surface area contributed by atoms with E-state index in [4.69, 9.17) is 10.9 Å². The van der Waals surface area contributed by atoms with E-state index in [1.807, 2.05) is 35.8 Å². The van der Waals surface area contributed by atoms with Crippen molar-refractivity contribution >= 4 is 11.5 Å². The van der Waals surface area contributed by atoms with Crippen LogP contribution in [0.1, 0.15) is 11.5 Å². The van der Waals surface area contributed by atoms with Gasteiger partial charge < -0.3 is 20.4 Å².